The van der Waals surface area contributed by atoms with Crippen LogP contribution in [0.2, 0.25) is 0 Å². The lowest BCUT2D eigenvalue weighted by molar-refractivity contribution is -0.146. The molecule has 4 nitrogen and oxygen atoms in total. The first-order valence-electron chi connectivity index (χ1n) is 15.7. The van der Waals surface area contributed by atoms with Gasteiger partial charge in [-0.15, -0.1) is 0 Å². The van der Waals surface area contributed by atoms with Gasteiger partial charge in [0.05, 0.1) is 6.61 Å². The Kier molecular flexibility index (Phi) is 29.1. The number of ether oxygens (including phenoxy) is 1. The van der Waals surface area contributed by atoms with Crippen molar-refractivity contribution in [3.63, 3.8) is 0 Å². The molecule has 0 radical (unpaired) electrons. The average molecular weight is 499 g/mol. The highest BCUT2D eigenvalue weighted by Gasteiger charge is 2.04. The van der Waals surface area contributed by atoms with Crippen LogP contribution in [0.5, 0.6) is 0 Å². The molecule has 35 heavy (non-hydrogen) atoms. The summed E-state index contributed by atoms with van der Waals surface area (Å²) in [7, 11) is 0. The molecular weight excluding hydrogens is 436 g/mol. The van der Waals surface area contributed by atoms with Crippen LogP contribution in [0, 0.1) is 0 Å². The third-order valence-corrected chi connectivity index (χ3v) is 7.12. The second-order valence-electron chi connectivity index (χ2n) is 10.7. The molecule has 0 saturated heterocycles. The summed E-state index contributed by atoms with van der Waals surface area (Å²) in [4.78, 5) is 11.5. The van der Waals surface area contributed by atoms with Crippen LogP contribution in [0.1, 0.15) is 180 Å². The summed E-state index contributed by atoms with van der Waals surface area (Å²) in [5.74, 6) is -0.222. The summed E-state index contributed by atoms with van der Waals surface area (Å²) in [6, 6.07) is 0. The van der Waals surface area contributed by atoms with Crippen LogP contribution in [0.25, 0.3) is 0 Å². The Balaban J connectivity index is 3.08. The standard InChI is InChI=1S/C31H62O4/c1-2-3-4-5-6-7-8-9-10-11-12-13-14-15-16-17-18-19-20-21-22-23-24-25-26-27-31(34)35-29-28-30(32)33/h30,32-33H,2-29H2,1H3. The van der Waals surface area contributed by atoms with Crippen molar-refractivity contribution >= 4 is 5.97 Å². The smallest absolute Gasteiger partial charge is 0.305 e. The number of hydrogen-bond donors (Lipinski definition) is 2. The highest BCUT2D eigenvalue weighted by Crippen LogP contribution is 2.16. The van der Waals surface area contributed by atoms with Gasteiger partial charge in [-0.25, -0.2) is 0 Å². The van der Waals surface area contributed by atoms with E-state index in [1.807, 2.05) is 0 Å². The molecular formula is C31H62O4. The Bertz CT molecular complexity index is 411. The van der Waals surface area contributed by atoms with E-state index in [2.05, 4.69) is 6.92 Å². The van der Waals surface area contributed by atoms with Crippen molar-refractivity contribution in [1.29, 1.82) is 0 Å². The molecule has 0 rings (SSSR count). The minimum Gasteiger partial charge on any atom is -0.465 e. The molecule has 0 aromatic rings. The number of unbranched alkanes of at least 4 members (excludes halogenated alkanes) is 24. The van der Waals surface area contributed by atoms with Crippen molar-refractivity contribution in [2.24, 2.45) is 0 Å². The quantitative estimate of drug-likeness (QED) is 0.0612. The molecule has 0 aromatic carbocycles. The second-order valence-corrected chi connectivity index (χ2v) is 10.7. The fourth-order valence-corrected chi connectivity index (χ4v) is 4.76. The summed E-state index contributed by atoms with van der Waals surface area (Å²) in [6.07, 6.45) is 33.5. The lowest BCUT2D eigenvalue weighted by atomic mass is 10.0. The Morgan fingerprint density at radius 2 is 0.800 bits per heavy atom. The third-order valence-electron chi connectivity index (χ3n) is 7.12. The largest absolute Gasteiger partial charge is 0.465 e. The van der Waals surface area contributed by atoms with Gasteiger partial charge < -0.3 is 14.9 Å². The van der Waals surface area contributed by atoms with Crippen LogP contribution in [0.15, 0.2) is 0 Å². The van der Waals surface area contributed by atoms with Gasteiger partial charge in [-0.05, 0) is 6.42 Å². The Labute approximate surface area is 219 Å². The predicted octanol–water partition coefficient (Wildman–Crippen LogP) is 9.39. The van der Waals surface area contributed by atoms with Crippen molar-refractivity contribution in [2.75, 3.05) is 6.61 Å². The van der Waals surface area contributed by atoms with E-state index in [4.69, 9.17) is 14.9 Å². The molecule has 0 atom stereocenters. The van der Waals surface area contributed by atoms with Gasteiger partial charge >= 0.3 is 5.97 Å². The number of aliphatic hydroxyl groups is 2. The highest BCUT2D eigenvalue weighted by atomic mass is 16.5. The van der Waals surface area contributed by atoms with Crippen LogP contribution < -0.4 is 0 Å². The normalized spacial score (nSPS) is 11.4. The number of hydrogen-bond acceptors (Lipinski definition) is 4. The topological polar surface area (TPSA) is 66.8 Å². The molecule has 4 heteroatoms. The van der Waals surface area contributed by atoms with Crippen molar-refractivity contribution in [1.82, 2.24) is 0 Å². The fraction of sp³-hybridized carbons (Fsp3) is 0.968. The van der Waals surface area contributed by atoms with Gasteiger partial charge in [-0.1, -0.05) is 161 Å². The van der Waals surface area contributed by atoms with Gasteiger partial charge in [0, 0.05) is 12.8 Å². The Morgan fingerprint density at radius 3 is 1.09 bits per heavy atom. The molecule has 0 saturated carbocycles. The van der Waals surface area contributed by atoms with Gasteiger partial charge in [0.2, 0.25) is 0 Å². The lowest BCUT2D eigenvalue weighted by Crippen LogP contribution is -2.12. The van der Waals surface area contributed by atoms with Crippen LogP contribution >= 0.6 is 0 Å². The van der Waals surface area contributed by atoms with E-state index in [-0.39, 0.29) is 19.0 Å². The molecule has 0 heterocycles. The Hall–Kier alpha value is -0.610. The average Bonchev–Trinajstić information content (AvgIpc) is 2.83. The molecule has 0 aliphatic rings. The first-order chi connectivity index (χ1) is 17.2. The van der Waals surface area contributed by atoms with E-state index in [1.165, 1.54) is 148 Å². The SMILES string of the molecule is CCCCCCCCCCCCCCCCCCCCCCCCCCCC(=O)OCCC(O)O. The lowest BCUT2D eigenvalue weighted by Gasteiger charge is -2.06. The molecule has 0 unspecified atom stereocenters. The predicted molar refractivity (Wildman–Crippen MR) is 150 cm³/mol. The minimum atomic E-state index is -1.39. The summed E-state index contributed by atoms with van der Waals surface area (Å²) < 4.78 is 4.95. The molecule has 0 aliphatic heterocycles. The van der Waals surface area contributed by atoms with E-state index in [1.54, 1.807) is 0 Å². The van der Waals surface area contributed by atoms with Crippen molar-refractivity contribution in [3.05, 3.63) is 0 Å². The van der Waals surface area contributed by atoms with Gasteiger partial charge in [-0.2, -0.15) is 0 Å². The van der Waals surface area contributed by atoms with Crippen molar-refractivity contribution < 1.29 is 19.7 Å². The number of aliphatic hydroxyl groups excluding tert-OH is 1. The van der Waals surface area contributed by atoms with Crippen molar-refractivity contribution in [2.45, 2.75) is 187 Å². The molecule has 0 aromatic heterocycles. The van der Waals surface area contributed by atoms with E-state index >= 15 is 0 Å². The summed E-state index contributed by atoms with van der Waals surface area (Å²) in [6.45, 7) is 2.38. The van der Waals surface area contributed by atoms with Crippen LogP contribution in [-0.4, -0.2) is 29.1 Å². The van der Waals surface area contributed by atoms with Gasteiger partial charge in [-0.3, -0.25) is 4.79 Å². The van der Waals surface area contributed by atoms with Crippen molar-refractivity contribution in [3.8, 4) is 0 Å². The maximum Gasteiger partial charge on any atom is 0.305 e. The number of esters is 1. The molecule has 0 fully saturated rings. The maximum absolute atomic E-state index is 11.5. The summed E-state index contributed by atoms with van der Waals surface area (Å²) in [5.41, 5.74) is 0. The molecule has 0 amide bonds. The molecule has 0 spiro atoms. The molecule has 210 valence electrons. The minimum absolute atomic E-state index is 0.0885. The zero-order chi connectivity index (χ0) is 25.7. The van der Waals surface area contributed by atoms with Gasteiger partial charge in [0.1, 0.15) is 0 Å². The number of carbonyl (C=O) groups is 1. The second kappa shape index (κ2) is 29.6. The van der Waals surface area contributed by atoms with E-state index in [9.17, 15) is 4.79 Å². The first-order valence-corrected chi connectivity index (χ1v) is 15.7. The van der Waals surface area contributed by atoms with Crippen LogP contribution in [-0.2, 0) is 9.53 Å². The van der Waals surface area contributed by atoms with Crippen LogP contribution in [0.4, 0.5) is 0 Å². The van der Waals surface area contributed by atoms with Gasteiger partial charge in [0.25, 0.3) is 0 Å². The molecule has 0 aliphatic carbocycles. The molecule has 2 N–H and O–H groups in total. The maximum atomic E-state index is 11.5. The zero-order valence-electron chi connectivity index (χ0n) is 23.6. The first kappa shape index (κ1) is 34.4. The van der Waals surface area contributed by atoms with Gasteiger partial charge in [0.15, 0.2) is 6.29 Å². The third kappa shape index (κ3) is 31.4. The fourth-order valence-electron chi connectivity index (χ4n) is 4.76. The summed E-state index contributed by atoms with van der Waals surface area (Å²) in [5, 5.41) is 17.4. The van der Waals surface area contributed by atoms with E-state index < -0.39 is 6.29 Å². The Morgan fingerprint density at radius 1 is 0.514 bits per heavy atom. The molecule has 0 bridgehead atoms. The summed E-state index contributed by atoms with van der Waals surface area (Å²) >= 11 is 0. The monoisotopic (exact) mass is 498 g/mol. The highest BCUT2D eigenvalue weighted by molar-refractivity contribution is 5.69. The van der Waals surface area contributed by atoms with Crippen LogP contribution in [0.3, 0.4) is 0 Å². The zero-order valence-corrected chi connectivity index (χ0v) is 23.6. The van der Waals surface area contributed by atoms with E-state index in [0.717, 1.165) is 12.8 Å². The number of carbonyl (C=O) groups excluding carboxylic acids is 1. The van der Waals surface area contributed by atoms with E-state index in [0.29, 0.717) is 6.42 Å². The number of rotatable bonds is 29.